The Morgan fingerprint density at radius 3 is 2.82 bits per heavy atom. The zero-order chi connectivity index (χ0) is 8.53. The van der Waals surface area contributed by atoms with Gasteiger partial charge in [-0.1, -0.05) is 6.08 Å². The Balaban J connectivity index is 3.27. The van der Waals surface area contributed by atoms with E-state index in [0.29, 0.717) is 11.8 Å². The van der Waals surface area contributed by atoms with Crippen LogP contribution >= 0.6 is 11.6 Å². The third kappa shape index (κ3) is 6.39. The lowest BCUT2D eigenvalue weighted by molar-refractivity contribution is 0.134. The first-order valence-corrected chi connectivity index (χ1v) is 4.63. The van der Waals surface area contributed by atoms with Crippen LogP contribution in [0.4, 0.5) is 0 Å². The lowest BCUT2D eigenvalue weighted by Crippen LogP contribution is -2.05. The van der Waals surface area contributed by atoms with Crippen LogP contribution in [0.2, 0.25) is 0 Å². The maximum absolute atomic E-state index is 5.72. The molecular formula is C9H17ClO. The van der Waals surface area contributed by atoms with Crippen LogP contribution < -0.4 is 0 Å². The number of hydrogen-bond acceptors (Lipinski definition) is 1. The average molecular weight is 177 g/mol. The molecule has 0 heterocycles. The number of ether oxygens (including phenoxy) is 1. The molecule has 1 unspecified atom stereocenters. The summed E-state index contributed by atoms with van der Waals surface area (Å²) in [5, 5.41) is 0. The van der Waals surface area contributed by atoms with Gasteiger partial charge in [0.05, 0.1) is 0 Å². The third-order valence-corrected chi connectivity index (χ3v) is 2.03. The second-order valence-corrected chi connectivity index (χ2v) is 2.84. The molecule has 0 radical (unpaired) electrons. The molecule has 0 aliphatic heterocycles. The van der Waals surface area contributed by atoms with Crippen molar-refractivity contribution in [2.75, 3.05) is 19.1 Å². The highest BCUT2D eigenvalue weighted by atomic mass is 35.5. The number of hydrogen-bond donors (Lipinski definition) is 0. The van der Waals surface area contributed by atoms with E-state index in [4.69, 9.17) is 16.3 Å². The highest BCUT2D eigenvalue weighted by Crippen LogP contribution is 2.10. The lowest BCUT2D eigenvalue weighted by atomic mass is 10.0. The van der Waals surface area contributed by atoms with Gasteiger partial charge in [-0.3, -0.25) is 0 Å². The molecule has 11 heavy (non-hydrogen) atoms. The molecular weight excluding hydrogens is 160 g/mol. The predicted octanol–water partition coefficient (Wildman–Crippen LogP) is 2.84. The smallest absolute Gasteiger partial charge is 0.0469 e. The first kappa shape index (κ1) is 11.0. The Bertz CT molecular complexity index is 93.6. The summed E-state index contributed by atoms with van der Waals surface area (Å²) in [6.07, 6.45) is 3.96. The van der Waals surface area contributed by atoms with Gasteiger partial charge in [0.25, 0.3) is 0 Å². The van der Waals surface area contributed by atoms with Gasteiger partial charge in [-0.15, -0.1) is 18.2 Å². The topological polar surface area (TPSA) is 9.23 Å². The summed E-state index contributed by atoms with van der Waals surface area (Å²) >= 11 is 5.72. The van der Waals surface area contributed by atoms with E-state index in [1.807, 2.05) is 13.0 Å². The zero-order valence-corrected chi connectivity index (χ0v) is 7.94. The average Bonchev–Trinajstić information content (AvgIpc) is 2.03. The second-order valence-electron chi connectivity index (χ2n) is 2.53. The van der Waals surface area contributed by atoms with E-state index in [9.17, 15) is 0 Å². The summed E-state index contributed by atoms with van der Waals surface area (Å²) in [7, 11) is 0. The Hall–Kier alpha value is -0.0100. The van der Waals surface area contributed by atoms with Crippen molar-refractivity contribution in [2.45, 2.75) is 19.8 Å². The monoisotopic (exact) mass is 176 g/mol. The van der Waals surface area contributed by atoms with E-state index in [-0.39, 0.29) is 0 Å². The lowest BCUT2D eigenvalue weighted by Gasteiger charge is -2.10. The fraction of sp³-hybridized carbons (Fsp3) is 0.778. The quantitative estimate of drug-likeness (QED) is 0.329. The van der Waals surface area contributed by atoms with Crippen LogP contribution in [0, 0.1) is 5.92 Å². The highest BCUT2D eigenvalue weighted by Gasteiger charge is 2.03. The summed E-state index contributed by atoms with van der Waals surface area (Å²) in [5.74, 6) is 1.25. The van der Waals surface area contributed by atoms with Gasteiger partial charge in [-0.2, -0.15) is 0 Å². The fourth-order valence-corrected chi connectivity index (χ4v) is 1.17. The standard InChI is InChI=1S/C9H17ClO/c1-3-5-9(8-10)6-7-11-4-2/h3,9H,1,4-8H2,2H3. The molecule has 0 rings (SSSR count). The van der Waals surface area contributed by atoms with Crippen molar-refractivity contribution in [1.82, 2.24) is 0 Å². The Morgan fingerprint density at radius 2 is 2.36 bits per heavy atom. The molecule has 2 heteroatoms. The van der Waals surface area contributed by atoms with E-state index in [1.54, 1.807) is 0 Å². The van der Waals surface area contributed by atoms with Crippen molar-refractivity contribution in [3.63, 3.8) is 0 Å². The Kier molecular flexibility index (Phi) is 8.08. The van der Waals surface area contributed by atoms with Crippen LogP contribution in [-0.4, -0.2) is 19.1 Å². The zero-order valence-electron chi connectivity index (χ0n) is 7.18. The van der Waals surface area contributed by atoms with E-state index in [1.165, 1.54) is 0 Å². The van der Waals surface area contributed by atoms with Crippen LogP contribution in [0.3, 0.4) is 0 Å². The third-order valence-electron chi connectivity index (χ3n) is 1.59. The van der Waals surface area contributed by atoms with Gasteiger partial charge in [0.1, 0.15) is 0 Å². The van der Waals surface area contributed by atoms with E-state index < -0.39 is 0 Å². The van der Waals surface area contributed by atoms with Gasteiger partial charge in [-0.05, 0) is 25.7 Å². The van der Waals surface area contributed by atoms with Crippen LogP contribution in [0.25, 0.3) is 0 Å². The molecule has 0 saturated heterocycles. The molecule has 0 amide bonds. The normalized spacial score (nSPS) is 12.9. The summed E-state index contributed by atoms with van der Waals surface area (Å²) in [6.45, 7) is 7.30. The molecule has 1 nitrogen and oxygen atoms in total. The minimum Gasteiger partial charge on any atom is -0.382 e. The van der Waals surface area contributed by atoms with E-state index >= 15 is 0 Å². The van der Waals surface area contributed by atoms with E-state index in [2.05, 4.69) is 6.58 Å². The summed E-state index contributed by atoms with van der Waals surface area (Å²) in [6, 6.07) is 0. The maximum Gasteiger partial charge on any atom is 0.0469 e. The molecule has 0 aromatic carbocycles. The molecule has 0 fully saturated rings. The van der Waals surface area contributed by atoms with Crippen LogP contribution in [-0.2, 0) is 4.74 Å². The number of alkyl halides is 1. The van der Waals surface area contributed by atoms with Gasteiger partial charge < -0.3 is 4.74 Å². The molecule has 66 valence electrons. The number of allylic oxidation sites excluding steroid dienone is 1. The van der Waals surface area contributed by atoms with Gasteiger partial charge in [-0.25, -0.2) is 0 Å². The molecule has 0 aromatic rings. The minimum atomic E-state index is 0.542. The SMILES string of the molecule is C=CCC(CCl)CCOCC. The second kappa shape index (κ2) is 8.09. The Labute approximate surface area is 74.4 Å². The van der Waals surface area contributed by atoms with Crippen molar-refractivity contribution < 1.29 is 4.74 Å². The molecule has 0 saturated carbocycles. The van der Waals surface area contributed by atoms with Crippen LogP contribution in [0.15, 0.2) is 12.7 Å². The highest BCUT2D eigenvalue weighted by molar-refractivity contribution is 6.18. The first-order chi connectivity index (χ1) is 5.35. The predicted molar refractivity (Wildman–Crippen MR) is 50.1 cm³/mol. The van der Waals surface area contributed by atoms with Crippen molar-refractivity contribution in [3.05, 3.63) is 12.7 Å². The van der Waals surface area contributed by atoms with Crippen LogP contribution in [0.1, 0.15) is 19.8 Å². The fourth-order valence-electron chi connectivity index (χ4n) is 0.888. The van der Waals surface area contributed by atoms with Crippen molar-refractivity contribution >= 4 is 11.6 Å². The first-order valence-electron chi connectivity index (χ1n) is 4.09. The molecule has 0 bridgehead atoms. The van der Waals surface area contributed by atoms with E-state index in [0.717, 1.165) is 26.1 Å². The Morgan fingerprint density at radius 1 is 1.64 bits per heavy atom. The van der Waals surface area contributed by atoms with Gasteiger partial charge >= 0.3 is 0 Å². The number of halogens is 1. The molecule has 0 N–H and O–H groups in total. The molecule has 0 aromatic heterocycles. The van der Waals surface area contributed by atoms with Gasteiger partial charge in [0.2, 0.25) is 0 Å². The molecule has 0 aliphatic carbocycles. The minimum absolute atomic E-state index is 0.542. The summed E-state index contributed by atoms with van der Waals surface area (Å²) in [4.78, 5) is 0. The molecule has 0 spiro atoms. The van der Waals surface area contributed by atoms with Gasteiger partial charge in [0, 0.05) is 19.1 Å². The van der Waals surface area contributed by atoms with Gasteiger partial charge in [0.15, 0.2) is 0 Å². The largest absolute Gasteiger partial charge is 0.382 e. The summed E-state index contributed by atoms with van der Waals surface area (Å²) < 4.78 is 5.22. The maximum atomic E-state index is 5.72. The molecule has 1 atom stereocenters. The number of rotatable bonds is 7. The molecule has 0 aliphatic rings. The van der Waals surface area contributed by atoms with Crippen molar-refractivity contribution in [2.24, 2.45) is 5.92 Å². The van der Waals surface area contributed by atoms with Crippen molar-refractivity contribution in [3.8, 4) is 0 Å². The van der Waals surface area contributed by atoms with Crippen LogP contribution in [0.5, 0.6) is 0 Å². The van der Waals surface area contributed by atoms with Crippen molar-refractivity contribution in [1.29, 1.82) is 0 Å². The summed E-state index contributed by atoms with van der Waals surface area (Å²) in [5.41, 5.74) is 0.